The maximum Gasteiger partial charge on any atom is 0.289 e. The van der Waals surface area contributed by atoms with Gasteiger partial charge in [-0.1, -0.05) is 31.9 Å². The molecule has 104 valence electrons. The molecule has 1 aliphatic rings. The summed E-state index contributed by atoms with van der Waals surface area (Å²) in [6, 6.07) is 5.28. The van der Waals surface area contributed by atoms with E-state index in [1.807, 2.05) is 0 Å². The fourth-order valence-electron chi connectivity index (χ4n) is 2.80. The molecule has 1 atom stereocenters. The Morgan fingerprint density at radius 2 is 2.21 bits per heavy atom. The van der Waals surface area contributed by atoms with Gasteiger partial charge in [0.2, 0.25) is 0 Å². The lowest BCUT2D eigenvalue weighted by molar-refractivity contribution is -0.384. The Hall–Kier alpha value is -1.29. The molecule has 1 aromatic carbocycles. The average molecular weight is 283 g/mol. The first kappa shape index (κ1) is 14.1. The van der Waals surface area contributed by atoms with Crippen molar-refractivity contribution < 1.29 is 4.92 Å². The predicted molar refractivity (Wildman–Crippen MR) is 77.8 cm³/mol. The molecule has 1 aromatic rings. The normalized spacial score (nSPS) is 21.9. The molecule has 0 amide bonds. The van der Waals surface area contributed by atoms with E-state index in [0.717, 1.165) is 18.5 Å². The van der Waals surface area contributed by atoms with E-state index in [1.165, 1.54) is 18.9 Å². The van der Waals surface area contributed by atoms with Crippen molar-refractivity contribution in [3.8, 4) is 0 Å². The van der Waals surface area contributed by atoms with Gasteiger partial charge in [-0.05, 0) is 36.8 Å². The fourth-order valence-corrected chi connectivity index (χ4v) is 2.99. The van der Waals surface area contributed by atoms with Gasteiger partial charge < -0.3 is 5.32 Å². The first-order valence-corrected chi connectivity index (χ1v) is 6.96. The number of nitro groups is 1. The van der Waals surface area contributed by atoms with E-state index >= 15 is 0 Å². The van der Waals surface area contributed by atoms with Crippen molar-refractivity contribution in [1.82, 2.24) is 0 Å². The Labute approximate surface area is 118 Å². The van der Waals surface area contributed by atoms with Crippen LogP contribution in [0.3, 0.4) is 0 Å². The van der Waals surface area contributed by atoms with E-state index < -0.39 is 4.92 Å². The molecule has 19 heavy (non-hydrogen) atoms. The number of nitrogens with zero attached hydrogens (tertiary/aromatic N) is 1. The van der Waals surface area contributed by atoms with Crippen molar-refractivity contribution in [2.75, 3.05) is 5.32 Å². The molecule has 1 N–H and O–H groups in total. The summed E-state index contributed by atoms with van der Waals surface area (Å²) in [6.45, 7) is 4.54. The summed E-state index contributed by atoms with van der Waals surface area (Å²) < 4.78 is 0. The van der Waals surface area contributed by atoms with Gasteiger partial charge in [-0.2, -0.15) is 0 Å². The van der Waals surface area contributed by atoms with Gasteiger partial charge in [-0.25, -0.2) is 0 Å². The summed E-state index contributed by atoms with van der Waals surface area (Å²) in [6.07, 6.45) is 4.63. The minimum Gasteiger partial charge on any atom is -0.382 e. The van der Waals surface area contributed by atoms with E-state index in [2.05, 4.69) is 19.2 Å². The summed E-state index contributed by atoms with van der Waals surface area (Å²) in [5.74, 6) is 0. The Balaban J connectivity index is 2.11. The first-order chi connectivity index (χ1) is 8.87. The number of anilines is 1. The molecule has 1 fully saturated rings. The van der Waals surface area contributed by atoms with Gasteiger partial charge >= 0.3 is 0 Å². The van der Waals surface area contributed by atoms with Crippen LogP contribution in [0.1, 0.15) is 39.5 Å². The topological polar surface area (TPSA) is 55.2 Å². The van der Waals surface area contributed by atoms with Gasteiger partial charge in [-0.15, -0.1) is 0 Å². The second kappa shape index (κ2) is 5.37. The van der Waals surface area contributed by atoms with Crippen LogP contribution in [0.2, 0.25) is 5.02 Å². The summed E-state index contributed by atoms with van der Waals surface area (Å²) >= 11 is 5.81. The van der Waals surface area contributed by atoms with E-state index in [-0.39, 0.29) is 10.7 Å². The van der Waals surface area contributed by atoms with Crippen LogP contribution in [0.4, 0.5) is 11.4 Å². The van der Waals surface area contributed by atoms with Gasteiger partial charge in [0.1, 0.15) is 5.02 Å². The number of nitro benzene ring substituents is 1. The van der Waals surface area contributed by atoms with Crippen LogP contribution in [-0.2, 0) is 0 Å². The molecule has 0 saturated heterocycles. The quantitative estimate of drug-likeness (QED) is 0.649. The monoisotopic (exact) mass is 282 g/mol. The minimum absolute atomic E-state index is 0.0401. The van der Waals surface area contributed by atoms with E-state index in [1.54, 1.807) is 12.1 Å². The largest absolute Gasteiger partial charge is 0.382 e. The van der Waals surface area contributed by atoms with Gasteiger partial charge in [0.25, 0.3) is 5.69 Å². The summed E-state index contributed by atoms with van der Waals surface area (Å²) in [4.78, 5) is 10.4. The Morgan fingerprint density at radius 1 is 1.47 bits per heavy atom. The molecule has 0 bridgehead atoms. The second-order valence-corrected chi connectivity index (χ2v) is 6.43. The lowest BCUT2D eigenvalue weighted by Crippen LogP contribution is -2.31. The lowest BCUT2D eigenvalue weighted by Gasteiger charge is -2.36. The highest BCUT2D eigenvalue weighted by Crippen LogP contribution is 2.37. The van der Waals surface area contributed by atoms with E-state index in [4.69, 9.17) is 11.6 Å². The van der Waals surface area contributed by atoms with Crippen LogP contribution in [-0.4, -0.2) is 11.0 Å². The van der Waals surface area contributed by atoms with Crippen LogP contribution >= 0.6 is 11.6 Å². The van der Waals surface area contributed by atoms with Crippen molar-refractivity contribution >= 4 is 23.0 Å². The Kier molecular flexibility index (Phi) is 3.99. The van der Waals surface area contributed by atoms with Gasteiger partial charge in [0, 0.05) is 17.8 Å². The van der Waals surface area contributed by atoms with E-state index in [9.17, 15) is 10.1 Å². The van der Waals surface area contributed by atoms with Crippen molar-refractivity contribution in [2.24, 2.45) is 5.41 Å². The molecule has 0 spiro atoms. The zero-order valence-electron chi connectivity index (χ0n) is 11.3. The summed E-state index contributed by atoms with van der Waals surface area (Å²) in [5, 5.41) is 14.4. The molecule has 4 nitrogen and oxygen atoms in total. The molecule has 1 aliphatic carbocycles. The van der Waals surface area contributed by atoms with Gasteiger partial charge in [-0.3, -0.25) is 10.1 Å². The zero-order chi connectivity index (χ0) is 14.0. The van der Waals surface area contributed by atoms with Crippen molar-refractivity contribution in [1.29, 1.82) is 0 Å². The summed E-state index contributed by atoms with van der Waals surface area (Å²) in [5.41, 5.74) is 1.08. The SMILES string of the molecule is CC1(C)CCCC(Nc2ccc(Cl)c([N+](=O)[O-])c2)C1. The molecule has 5 heteroatoms. The minimum atomic E-state index is -0.446. The van der Waals surface area contributed by atoms with Crippen LogP contribution in [0, 0.1) is 15.5 Å². The highest BCUT2D eigenvalue weighted by molar-refractivity contribution is 6.32. The van der Waals surface area contributed by atoms with Crippen LogP contribution in [0.25, 0.3) is 0 Å². The number of hydrogen-bond acceptors (Lipinski definition) is 3. The van der Waals surface area contributed by atoms with E-state index in [0.29, 0.717) is 11.5 Å². The fraction of sp³-hybridized carbons (Fsp3) is 0.571. The van der Waals surface area contributed by atoms with Crippen molar-refractivity contribution in [3.63, 3.8) is 0 Å². The smallest absolute Gasteiger partial charge is 0.289 e. The average Bonchev–Trinajstić information content (AvgIpc) is 2.30. The lowest BCUT2D eigenvalue weighted by atomic mass is 9.75. The third-order valence-corrected chi connectivity index (χ3v) is 4.04. The molecule has 0 aromatic heterocycles. The Bertz CT molecular complexity index is 488. The van der Waals surface area contributed by atoms with Gasteiger partial charge in [0.15, 0.2) is 0 Å². The number of nitrogens with one attached hydrogen (secondary N) is 1. The third kappa shape index (κ3) is 3.60. The third-order valence-electron chi connectivity index (χ3n) is 3.72. The number of halogens is 1. The molecule has 0 aliphatic heterocycles. The highest BCUT2D eigenvalue weighted by atomic mass is 35.5. The zero-order valence-corrected chi connectivity index (χ0v) is 12.0. The molecular weight excluding hydrogens is 264 g/mol. The molecular formula is C14H19ClN2O2. The van der Waals surface area contributed by atoms with Crippen LogP contribution < -0.4 is 5.32 Å². The molecule has 1 saturated carbocycles. The van der Waals surface area contributed by atoms with Gasteiger partial charge in [0.05, 0.1) is 4.92 Å². The number of hydrogen-bond donors (Lipinski definition) is 1. The van der Waals surface area contributed by atoms with Crippen LogP contribution in [0.15, 0.2) is 18.2 Å². The highest BCUT2D eigenvalue weighted by Gasteiger charge is 2.28. The number of rotatable bonds is 3. The maximum atomic E-state index is 10.9. The first-order valence-electron chi connectivity index (χ1n) is 6.58. The summed E-state index contributed by atoms with van der Waals surface area (Å²) in [7, 11) is 0. The van der Waals surface area contributed by atoms with Crippen molar-refractivity contribution in [3.05, 3.63) is 33.3 Å². The molecule has 2 rings (SSSR count). The standard InChI is InChI=1S/C14H19ClN2O2/c1-14(2)7-3-4-11(9-14)16-10-5-6-12(15)13(8-10)17(18)19/h5-6,8,11,16H,3-4,7,9H2,1-2H3. The Morgan fingerprint density at radius 3 is 2.84 bits per heavy atom. The molecule has 0 heterocycles. The second-order valence-electron chi connectivity index (χ2n) is 6.03. The predicted octanol–water partition coefficient (Wildman–Crippen LogP) is 4.63. The molecule has 0 radical (unpaired) electrons. The maximum absolute atomic E-state index is 10.9. The number of benzene rings is 1. The van der Waals surface area contributed by atoms with Crippen molar-refractivity contribution in [2.45, 2.75) is 45.6 Å². The molecule has 1 unspecified atom stereocenters. The van der Waals surface area contributed by atoms with Crippen LogP contribution in [0.5, 0.6) is 0 Å².